The second-order valence-corrected chi connectivity index (χ2v) is 9.84. The topological polar surface area (TPSA) is 104 Å². The number of para-hydroxylation sites is 2. The van der Waals surface area contributed by atoms with Crippen LogP contribution in [0.4, 0.5) is 11.4 Å². The third kappa shape index (κ3) is 4.42. The molecule has 0 radical (unpaired) electrons. The molecule has 4 aromatic rings. The maximum Gasteiger partial charge on any atom is 0.259 e. The fraction of sp³-hybridized carbons (Fsp3) is 0.192. The number of carbonyl (C=O) groups excluding carboxylic acids is 2. The molecule has 0 bridgehead atoms. The number of aromatic amines is 1. The molecule has 178 valence electrons. The highest BCUT2D eigenvalue weighted by atomic mass is 32.2. The molecule has 2 N–H and O–H groups in total. The van der Waals surface area contributed by atoms with Crippen LogP contribution in [0.25, 0.3) is 11.0 Å². The van der Waals surface area contributed by atoms with E-state index >= 15 is 0 Å². The first-order valence-corrected chi connectivity index (χ1v) is 12.6. The monoisotopic (exact) mass is 488 g/mol. The minimum atomic E-state index is -1.04. The molecule has 1 unspecified atom stereocenters. The molecular weight excluding hydrogens is 464 g/mol. The van der Waals surface area contributed by atoms with Crippen molar-refractivity contribution in [3.8, 4) is 5.75 Å². The molecule has 2 amide bonds. The quantitative estimate of drug-likeness (QED) is 0.451. The lowest BCUT2D eigenvalue weighted by atomic mass is 10.1. The molecule has 0 fully saturated rings. The number of aromatic nitrogens is 2. The highest BCUT2D eigenvalue weighted by Crippen LogP contribution is 2.29. The molecule has 9 heteroatoms. The van der Waals surface area contributed by atoms with Crippen molar-refractivity contribution in [2.45, 2.75) is 12.7 Å². The van der Waals surface area contributed by atoms with E-state index in [9.17, 15) is 13.8 Å². The van der Waals surface area contributed by atoms with Gasteiger partial charge in [-0.25, -0.2) is 4.98 Å². The predicted octanol–water partition coefficient (Wildman–Crippen LogP) is 4.04. The number of benzene rings is 3. The van der Waals surface area contributed by atoms with Crippen LogP contribution in [0.3, 0.4) is 0 Å². The van der Waals surface area contributed by atoms with E-state index in [2.05, 4.69) is 15.3 Å². The number of H-pyrrole nitrogens is 1. The number of amides is 2. The summed E-state index contributed by atoms with van der Waals surface area (Å²) < 4.78 is 17.8. The summed E-state index contributed by atoms with van der Waals surface area (Å²) in [6.45, 7) is 2.20. The van der Waals surface area contributed by atoms with E-state index in [1.807, 2.05) is 43.3 Å². The van der Waals surface area contributed by atoms with E-state index in [1.165, 1.54) is 7.11 Å². The normalized spacial score (nSPS) is 15.4. The Morgan fingerprint density at radius 2 is 1.94 bits per heavy atom. The second-order valence-electron chi connectivity index (χ2n) is 8.27. The van der Waals surface area contributed by atoms with Crippen molar-refractivity contribution in [2.24, 2.45) is 0 Å². The van der Waals surface area contributed by atoms with Crippen LogP contribution < -0.4 is 15.0 Å². The number of hydrogen-bond acceptors (Lipinski definition) is 5. The molecule has 1 aliphatic heterocycles. The van der Waals surface area contributed by atoms with Crippen molar-refractivity contribution in [1.82, 2.24) is 9.97 Å². The standard InChI is InChI=1S/C26H24N4O4S/c1-16-27-20-7-5-8-21(24(20)28-16)29-25(31)19-11-10-17(14-23(19)34-2)26(32)30-12-13-35(33)15-18-6-3-4-9-22(18)30/h3-11,14H,12-13,15H2,1-2H3,(H,27,28)(H,29,31). The van der Waals surface area contributed by atoms with Gasteiger partial charge in [0.25, 0.3) is 11.8 Å². The average molecular weight is 489 g/mol. The number of anilines is 2. The summed E-state index contributed by atoms with van der Waals surface area (Å²) in [7, 11) is 0.425. The minimum absolute atomic E-state index is 0.238. The molecule has 1 aromatic heterocycles. The lowest BCUT2D eigenvalue weighted by Crippen LogP contribution is -2.33. The fourth-order valence-corrected chi connectivity index (χ4v) is 5.40. The first kappa shape index (κ1) is 22.8. The zero-order valence-corrected chi connectivity index (χ0v) is 20.1. The van der Waals surface area contributed by atoms with Crippen molar-refractivity contribution in [2.75, 3.05) is 29.6 Å². The van der Waals surface area contributed by atoms with Crippen LogP contribution in [0.1, 0.15) is 32.1 Å². The van der Waals surface area contributed by atoms with Gasteiger partial charge in [0.05, 0.1) is 29.6 Å². The molecule has 1 atom stereocenters. The van der Waals surface area contributed by atoms with E-state index in [4.69, 9.17) is 4.74 Å². The van der Waals surface area contributed by atoms with Gasteiger partial charge >= 0.3 is 0 Å². The lowest BCUT2D eigenvalue weighted by Gasteiger charge is -2.23. The number of fused-ring (bicyclic) bond motifs is 2. The molecule has 5 rings (SSSR count). The van der Waals surface area contributed by atoms with Gasteiger partial charge in [0.15, 0.2) is 0 Å². The van der Waals surface area contributed by atoms with Crippen molar-refractivity contribution in [3.05, 3.63) is 83.2 Å². The summed E-state index contributed by atoms with van der Waals surface area (Å²) in [6, 6.07) is 17.8. The lowest BCUT2D eigenvalue weighted by molar-refractivity contribution is 0.0984. The van der Waals surface area contributed by atoms with Gasteiger partial charge in [-0.15, -0.1) is 0 Å². The third-order valence-corrected chi connectivity index (χ3v) is 7.23. The number of nitrogens with zero attached hydrogens (tertiary/aromatic N) is 2. The summed E-state index contributed by atoms with van der Waals surface area (Å²) in [5.41, 5.74) is 4.38. The number of carbonyl (C=O) groups is 2. The maximum atomic E-state index is 13.5. The summed E-state index contributed by atoms with van der Waals surface area (Å²) in [4.78, 5) is 35.8. The van der Waals surface area contributed by atoms with E-state index < -0.39 is 10.8 Å². The average Bonchev–Trinajstić information content (AvgIpc) is 3.16. The first-order valence-electron chi connectivity index (χ1n) is 11.1. The molecule has 35 heavy (non-hydrogen) atoms. The summed E-state index contributed by atoms with van der Waals surface area (Å²) in [5.74, 6) is 1.25. The predicted molar refractivity (Wildman–Crippen MR) is 137 cm³/mol. The van der Waals surface area contributed by atoms with Gasteiger partial charge in [0.2, 0.25) is 0 Å². The maximum absolute atomic E-state index is 13.5. The molecule has 1 aliphatic rings. The number of hydrogen-bond donors (Lipinski definition) is 2. The third-order valence-electron chi connectivity index (χ3n) is 5.96. The summed E-state index contributed by atoms with van der Waals surface area (Å²) in [6.07, 6.45) is 0. The van der Waals surface area contributed by atoms with Crippen molar-refractivity contribution in [3.63, 3.8) is 0 Å². The SMILES string of the molecule is COc1cc(C(=O)N2CCS(=O)Cc3ccccc32)ccc1C(=O)Nc1cccc2[nH]c(C)nc12. The van der Waals surface area contributed by atoms with Gasteiger partial charge in [-0.05, 0) is 48.9 Å². The van der Waals surface area contributed by atoms with Crippen LogP contribution in [-0.2, 0) is 16.6 Å². The van der Waals surface area contributed by atoms with Crippen LogP contribution >= 0.6 is 0 Å². The smallest absolute Gasteiger partial charge is 0.259 e. The molecule has 2 heterocycles. The van der Waals surface area contributed by atoms with Crippen LogP contribution in [-0.4, -0.2) is 45.4 Å². The minimum Gasteiger partial charge on any atom is -0.496 e. The zero-order valence-electron chi connectivity index (χ0n) is 19.3. The Kier molecular flexibility index (Phi) is 6.08. The second kappa shape index (κ2) is 9.34. The fourth-order valence-electron chi connectivity index (χ4n) is 4.28. The van der Waals surface area contributed by atoms with Crippen LogP contribution in [0.5, 0.6) is 5.75 Å². The molecule has 3 aromatic carbocycles. The Balaban J connectivity index is 1.44. The van der Waals surface area contributed by atoms with Crippen molar-refractivity contribution in [1.29, 1.82) is 0 Å². The summed E-state index contributed by atoms with van der Waals surface area (Å²) >= 11 is 0. The van der Waals surface area contributed by atoms with Crippen molar-refractivity contribution < 1.29 is 18.5 Å². The summed E-state index contributed by atoms with van der Waals surface area (Å²) in [5, 5.41) is 2.90. The number of nitrogens with one attached hydrogen (secondary N) is 2. The van der Waals surface area contributed by atoms with Crippen molar-refractivity contribution >= 4 is 45.0 Å². The van der Waals surface area contributed by atoms with Gasteiger partial charge < -0.3 is 19.9 Å². The highest BCUT2D eigenvalue weighted by molar-refractivity contribution is 7.84. The largest absolute Gasteiger partial charge is 0.496 e. The number of aryl methyl sites for hydroxylation is 1. The van der Waals surface area contributed by atoms with Gasteiger partial charge in [0.1, 0.15) is 17.1 Å². The van der Waals surface area contributed by atoms with Gasteiger partial charge in [-0.2, -0.15) is 0 Å². The van der Waals surface area contributed by atoms with E-state index in [0.29, 0.717) is 40.4 Å². The Hall–Kier alpha value is -3.98. The van der Waals surface area contributed by atoms with Crippen LogP contribution in [0.15, 0.2) is 60.7 Å². The molecule has 0 spiro atoms. The zero-order chi connectivity index (χ0) is 24.5. The van der Waals surface area contributed by atoms with E-state index in [1.54, 1.807) is 29.2 Å². The molecule has 0 aliphatic carbocycles. The van der Waals surface area contributed by atoms with Gasteiger partial charge in [-0.3, -0.25) is 13.8 Å². The van der Waals surface area contributed by atoms with E-state index in [0.717, 1.165) is 22.6 Å². The van der Waals surface area contributed by atoms with Crippen LogP contribution in [0.2, 0.25) is 0 Å². The van der Waals surface area contributed by atoms with Gasteiger partial charge in [-0.1, -0.05) is 24.3 Å². The number of methoxy groups -OCH3 is 1. The van der Waals surface area contributed by atoms with E-state index in [-0.39, 0.29) is 17.6 Å². The Morgan fingerprint density at radius 3 is 2.77 bits per heavy atom. The molecule has 0 saturated carbocycles. The Morgan fingerprint density at radius 1 is 1.11 bits per heavy atom. The Bertz CT molecular complexity index is 1480. The molecule has 8 nitrogen and oxygen atoms in total. The number of imidazole rings is 1. The molecular formula is C26H24N4O4S. The highest BCUT2D eigenvalue weighted by Gasteiger charge is 2.26. The van der Waals surface area contributed by atoms with Gasteiger partial charge in [0, 0.05) is 34.3 Å². The number of rotatable bonds is 4. The first-order chi connectivity index (χ1) is 16.9. The van der Waals surface area contributed by atoms with Crippen LogP contribution in [0, 0.1) is 6.92 Å². The number of ether oxygens (including phenoxy) is 1. The Labute approximate surface area is 204 Å². The molecule has 0 saturated heterocycles.